The van der Waals surface area contributed by atoms with Crippen molar-refractivity contribution in [3.63, 3.8) is 0 Å². The zero-order valence-corrected chi connectivity index (χ0v) is 11.9. The lowest BCUT2D eigenvalue weighted by molar-refractivity contribution is 0.604. The van der Waals surface area contributed by atoms with E-state index in [9.17, 15) is 9.59 Å². The number of hydrogen-bond donors (Lipinski definition) is 2. The first-order valence-corrected chi connectivity index (χ1v) is 7.44. The molecule has 0 amide bonds. The Morgan fingerprint density at radius 3 is 2.84 bits per heavy atom. The summed E-state index contributed by atoms with van der Waals surface area (Å²) in [7, 11) is 0. The minimum absolute atomic E-state index is 0.203. The number of aromatic nitrogens is 2. The van der Waals surface area contributed by atoms with Crippen molar-refractivity contribution in [2.45, 2.75) is 39.2 Å². The highest BCUT2D eigenvalue weighted by Gasteiger charge is 2.10. The SMILES string of the molecule is CCCCc1cc2c(=O)n(CCCN)c(=O)[nH]c2s1. The fraction of sp³-hybridized carbons (Fsp3) is 0.538. The van der Waals surface area contributed by atoms with E-state index in [1.54, 1.807) is 0 Å². The number of fused-ring (bicyclic) bond motifs is 1. The van der Waals surface area contributed by atoms with Gasteiger partial charge in [-0.15, -0.1) is 11.3 Å². The van der Waals surface area contributed by atoms with Gasteiger partial charge in [0.05, 0.1) is 5.39 Å². The molecule has 0 fully saturated rings. The Morgan fingerprint density at radius 2 is 2.16 bits per heavy atom. The van der Waals surface area contributed by atoms with Crippen LogP contribution in [0.3, 0.4) is 0 Å². The second-order valence-corrected chi connectivity index (χ2v) is 5.72. The zero-order valence-electron chi connectivity index (χ0n) is 11.1. The van der Waals surface area contributed by atoms with Crippen molar-refractivity contribution in [2.24, 2.45) is 5.73 Å². The Hall–Kier alpha value is -1.40. The maximum atomic E-state index is 12.3. The first-order valence-electron chi connectivity index (χ1n) is 6.63. The van der Waals surface area contributed by atoms with Crippen molar-refractivity contribution in [3.8, 4) is 0 Å². The molecule has 2 aromatic rings. The topological polar surface area (TPSA) is 80.9 Å². The van der Waals surface area contributed by atoms with Crippen LogP contribution in [0.15, 0.2) is 15.7 Å². The van der Waals surface area contributed by atoms with Crippen LogP contribution in [0.25, 0.3) is 10.2 Å². The van der Waals surface area contributed by atoms with Crippen LogP contribution in [-0.4, -0.2) is 16.1 Å². The highest BCUT2D eigenvalue weighted by atomic mass is 32.1. The lowest BCUT2D eigenvalue weighted by Crippen LogP contribution is -2.35. The predicted octanol–water partition coefficient (Wildman–Crippen LogP) is 1.44. The molecule has 5 nitrogen and oxygen atoms in total. The quantitative estimate of drug-likeness (QED) is 0.840. The van der Waals surface area contributed by atoms with E-state index in [0.29, 0.717) is 29.7 Å². The van der Waals surface area contributed by atoms with Crippen molar-refractivity contribution in [1.29, 1.82) is 0 Å². The van der Waals surface area contributed by atoms with Crippen molar-refractivity contribution < 1.29 is 0 Å². The number of H-pyrrole nitrogens is 1. The first-order chi connectivity index (χ1) is 9.17. The van der Waals surface area contributed by atoms with Crippen LogP contribution in [0, 0.1) is 0 Å². The number of hydrogen-bond acceptors (Lipinski definition) is 4. The lowest BCUT2D eigenvalue weighted by Gasteiger charge is -2.02. The highest BCUT2D eigenvalue weighted by molar-refractivity contribution is 7.18. The lowest BCUT2D eigenvalue weighted by atomic mass is 10.2. The molecule has 2 aromatic heterocycles. The van der Waals surface area contributed by atoms with Gasteiger partial charge in [0.1, 0.15) is 4.83 Å². The van der Waals surface area contributed by atoms with E-state index >= 15 is 0 Å². The molecule has 0 radical (unpaired) electrons. The molecule has 0 atom stereocenters. The van der Waals surface area contributed by atoms with Gasteiger partial charge >= 0.3 is 5.69 Å². The summed E-state index contributed by atoms with van der Waals surface area (Å²) in [4.78, 5) is 28.7. The molecule has 0 spiro atoms. The number of thiophene rings is 1. The number of aryl methyl sites for hydroxylation is 1. The van der Waals surface area contributed by atoms with Gasteiger partial charge in [-0.05, 0) is 31.9 Å². The van der Waals surface area contributed by atoms with E-state index in [4.69, 9.17) is 5.73 Å². The molecule has 3 N–H and O–H groups in total. The third kappa shape index (κ3) is 2.96. The number of aromatic amines is 1. The summed E-state index contributed by atoms with van der Waals surface area (Å²) in [6, 6.07) is 1.91. The van der Waals surface area contributed by atoms with Gasteiger partial charge in [0.2, 0.25) is 0 Å². The number of nitrogens with two attached hydrogens (primary N) is 1. The number of nitrogens with one attached hydrogen (secondary N) is 1. The maximum Gasteiger partial charge on any atom is 0.329 e. The van der Waals surface area contributed by atoms with Crippen LogP contribution >= 0.6 is 11.3 Å². The van der Waals surface area contributed by atoms with Gasteiger partial charge in [-0.1, -0.05) is 13.3 Å². The molecule has 0 aliphatic carbocycles. The summed E-state index contributed by atoms with van der Waals surface area (Å²) in [6.07, 6.45) is 3.80. The fourth-order valence-electron chi connectivity index (χ4n) is 2.02. The minimum Gasteiger partial charge on any atom is -0.330 e. The maximum absolute atomic E-state index is 12.3. The van der Waals surface area contributed by atoms with Crippen LogP contribution in [0.4, 0.5) is 0 Å². The molecule has 6 heteroatoms. The normalized spacial score (nSPS) is 11.3. The fourth-order valence-corrected chi connectivity index (χ4v) is 3.10. The Balaban J connectivity index is 2.45. The third-order valence-corrected chi connectivity index (χ3v) is 4.20. The molecule has 2 rings (SSSR count). The van der Waals surface area contributed by atoms with Crippen molar-refractivity contribution >= 4 is 21.6 Å². The molecule has 19 heavy (non-hydrogen) atoms. The third-order valence-electron chi connectivity index (χ3n) is 3.09. The van der Waals surface area contributed by atoms with Crippen LogP contribution in [0.5, 0.6) is 0 Å². The standard InChI is InChI=1S/C13H19N3O2S/c1-2-3-5-9-8-10-11(19-9)15-13(18)16(12(10)17)7-4-6-14/h8H,2-7,14H2,1H3,(H,15,18). The summed E-state index contributed by atoms with van der Waals surface area (Å²) in [5.41, 5.74) is 4.88. The minimum atomic E-state index is -0.338. The van der Waals surface area contributed by atoms with E-state index in [1.807, 2.05) is 6.07 Å². The molecule has 104 valence electrons. The van der Waals surface area contributed by atoms with Gasteiger partial charge < -0.3 is 5.73 Å². The molecular weight excluding hydrogens is 262 g/mol. The Labute approximate surface area is 115 Å². The van der Waals surface area contributed by atoms with Crippen LogP contribution in [-0.2, 0) is 13.0 Å². The predicted molar refractivity (Wildman–Crippen MR) is 79.0 cm³/mol. The largest absolute Gasteiger partial charge is 0.330 e. The second kappa shape index (κ2) is 6.16. The highest BCUT2D eigenvalue weighted by Crippen LogP contribution is 2.21. The summed E-state index contributed by atoms with van der Waals surface area (Å²) in [5, 5.41) is 0.618. The van der Waals surface area contributed by atoms with Crippen LogP contribution in [0.1, 0.15) is 31.1 Å². The molecular formula is C13H19N3O2S. The van der Waals surface area contributed by atoms with Crippen LogP contribution in [0.2, 0.25) is 0 Å². The zero-order chi connectivity index (χ0) is 13.8. The molecule has 0 aliphatic rings. The second-order valence-electron chi connectivity index (χ2n) is 4.59. The van der Waals surface area contributed by atoms with Gasteiger partial charge in [0, 0.05) is 11.4 Å². The molecule has 0 saturated carbocycles. The molecule has 0 bridgehead atoms. The smallest absolute Gasteiger partial charge is 0.329 e. The number of rotatable bonds is 6. The molecule has 0 saturated heterocycles. The monoisotopic (exact) mass is 281 g/mol. The Morgan fingerprint density at radius 1 is 1.37 bits per heavy atom. The van der Waals surface area contributed by atoms with E-state index in [2.05, 4.69) is 11.9 Å². The first kappa shape index (κ1) is 14.0. The van der Waals surface area contributed by atoms with Crippen molar-refractivity contribution in [3.05, 3.63) is 31.8 Å². The van der Waals surface area contributed by atoms with E-state index < -0.39 is 0 Å². The molecule has 0 aliphatic heterocycles. The van der Waals surface area contributed by atoms with Gasteiger partial charge in [-0.2, -0.15) is 0 Å². The summed E-state index contributed by atoms with van der Waals surface area (Å²) >= 11 is 1.50. The number of nitrogens with zero attached hydrogens (tertiary/aromatic N) is 1. The van der Waals surface area contributed by atoms with Crippen molar-refractivity contribution in [1.82, 2.24) is 9.55 Å². The Kier molecular flexibility index (Phi) is 4.55. The average Bonchev–Trinajstić information content (AvgIpc) is 2.79. The molecule has 2 heterocycles. The average molecular weight is 281 g/mol. The van der Waals surface area contributed by atoms with Gasteiger partial charge in [0.25, 0.3) is 5.56 Å². The molecule has 0 unspecified atom stereocenters. The number of unbranched alkanes of at least 4 members (excludes halogenated alkanes) is 1. The van der Waals surface area contributed by atoms with E-state index in [0.717, 1.165) is 24.1 Å². The van der Waals surface area contributed by atoms with Gasteiger partial charge in [0.15, 0.2) is 0 Å². The summed E-state index contributed by atoms with van der Waals surface area (Å²) < 4.78 is 1.24. The van der Waals surface area contributed by atoms with E-state index in [-0.39, 0.29) is 11.2 Å². The van der Waals surface area contributed by atoms with Crippen LogP contribution < -0.4 is 17.0 Å². The summed E-state index contributed by atoms with van der Waals surface area (Å²) in [6.45, 7) is 2.98. The van der Waals surface area contributed by atoms with Gasteiger partial charge in [-0.3, -0.25) is 14.3 Å². The van der Waals surface area contributed by atoms with E-state index in [1.165, 1.54) is 15.9 Å². The van der Waals surface area contributed by atoms with Gasteiger partial charge in [-0.25, -0.2) is 4.79 Å². The Bertz CT molecular complexity index is 669. The summed E-state index contributed by atoms with van der Waals surface area (Å²) in [5.74, 6) is 0. The van der Waals surface area contributed by atoms with Crippen molar-refractivity contribution in [2.75, 3.05) is 6.54 Å². The molecule has 0 aromatic carbocycles.